The number of hydrogen-bond donors (Lipinski definition) is 1. The molecule has 0 aromatic carbocycles. The minimum atomic E-state index is -0.0953. The summed E-state index contributed by atoms with van der Waals surface area (Å²) < 4.78 is 1.97. The van der Waals surface area contributed by atoms with E-state index < -0.39 is 0 Å². The van der Waals surface area contributed by atoms with E-state index in [4.69, 9.17) is 5.73 Å². The summed E-state index contributed by atoms with van der Waals surface area (Å²) in [6, 6.07) is 1.52. The molecule has 0 unspecified atom stereocenters. The minimum absolute atomic E-state index is 0.0953. The number of nitrogens with two attached hydrogens (primary N) is 1. The van der Waals surface area contributed by atoms with Crippen molar-refractivity contribution in [1.29, 1.82) is 0 Å². The second kappa shape index (κ2) is 4.51. The van der Waals surface area contributed by atoms with E-state index in [9.17, 15) is 4.79 Å². The van der Waals surface area contributed by atoms with Crippen molar-refractivity contribution in [3.63, 3.8) is 0 Å². The molecule has 0 aliphatic heterocycles. The molecule has 3 heteroatoms. The minimum Gasteiger partial charge on any atom is -0.394 e. The first-order valence-electron chi connectivity index (χ1n) is 5.34. The van der Waals surface area contributed by atoms with Crippen molar-refractivity contribution in [3.05, 3.63) is 28.7 Å². The van der Waals surface area contributed by atoms with Crippen LogP contribution < -0.4 is 11.2 Å². The molecule has 1 aromatic rings. The van der Waals surface area contributed by atoms with Gasteiger partial charge in [-0.2, -0.15) is 0 Å². The summed E-state index contributed by atoms with van der Waals surface area (Å²) in [7, 11) is 0. The molecule has 0 atom stereocenters. The fourth-order valence-electron chi connectivity index (χ4n) is 1.48. The van der Waals surface area contributed by atoms with Gasteiger partial charge in [-0.1, -0.05) is 20.8 Å². The molecule has 0 fully saturated rings. The van der Waals surface area contributed by atoms with Crippen molar-refractivity contribution in [2.24, 2.45) is 5.41 Å². The molecule has 0 bridgehead atoms. The maximum Gasteiger partial charge on any atom is 0.204 e. The van der Waals surface area contributed by atoms with Crippen LogP contribution in [0.2, 0.25) is 0 Å². The summed E-state index contributed by atoms with van der Waals surface area (Å²) in [6.07, 6.45) is 5.77. The zero-order valence-corrected chi connectivity index (χ0v) is 9.79. The van der Waals surface area contributed by atoms with Crippen LogP contribution >= 0.6 is 0 Å². The van der Waals surface area contributed by atoms with E-state index in [-0.39, 0.29) is 5.43 Å². The van der Waals surface area contributed by atoms with E-state index >= 15 is 0 Å². The van der Waals surface area contributed by atoms with Crippen molar-refractivity contribution >= 4 is 5.69 Å². The highest BCUT2D eigenvalue weighted by Crippen LogP contribution is 2.20. The van der Waals surface area contributed by atoms with Crippen LogP contribution in [0.25, 0.3) is 0 Å². The highest BCUT2D eigenvalue weighted by atomic mass is 16.1. The third-order valence-corrected chi connectivity index (χ3v) is 2.35. The van der Waals surface area contributed by atoms with E-state index in [1.54, 1.807) is 12.4 Å². The molecule has 0 saturated heterocycles. The molecule has 1 heterocycles. The fraction of sp³-hybridized carbons (Fsp3) is 0.583. The summed E-state index contributed by atoms with van der Waals surface area (Å²) in [4.78, 5) is 11.1. The number of hydrogen-bond acceptors (Lipinski definition) is 2. The number of aryl methyl sites for hydroxylation is 1. The first-order chi connectivity index (χ1) is 6.88. The fourth-order valence-corrected chi connectivity index (χ4v) is 1.48. The largest absolute Gasteiger partial charge is 0.394 e. The Bertz CT molecular complexity index is 374. The van der Waals surface area contributed by atoms with Gasteiger partial charge >= 0.3 is 0 Å². The van der Waals surface area contributed by atoms with E-state index in [0.29, 0.717) is 11.1 Å². The predicted octanol–water partition coefficient (Wildman–Crippen LogP) is 2.26. The monoisotopic (exact) mass is 208 g/mol. The van der Waals surface area contributed by atoms with Crippen molar-refractivity contribution in [1.82, 2.24) is 4.57 Å². The predicted molar refractivity (Wildman–Crippen MR) is 63.8 cm³/mol. The number of rotatable bonds is 3. The Morgan fingerprint density at radius 1 is 1.40 bits per heavy atom. The number of nitrogens with zero attached hydrogens (tertiary/aromatic N) is 1. The van der Waals surface area contributed by atoms with Crippen molar-refractivity contribution < 1.29 is 0 Å². The third-order valence-electron chi connectivity index (χ3n) is 2.35. The van der Waals surface area contributed by atoms with Gasteiger partial charge in [0.2, 0.25) is 5.43 Å². The zero-order valence-electron chi connectivity index (χ0n) is 9.79. The molecule has 1 aromatic heterocycles. The summed E-state index contributed by atoms with van der Waals surface area (Å²) >= 11 is 0. The molecular weight excluding hydrogens is 188 g/mol. The molecular formula is C12H20N2O. The van der Waals surface area contributed by atoms with Crippen LogP contribution in [0.15, 0.2) is 23.3 Å². The highest BCUT2D eigenvalue weighted by molar-refractivity contribution is 5.33. The normalized spacial score (nSPS) is 11.7. The van der Waals surface area contributed by atoms with Crippen LogP contribution in [0.1, 0.15) is 33.6 Å². The van der Waals surface area contributed by atoms with E-state index in [1.807, 2.05) is 4.57 Å². The van der Waals surface area contributed by atoms with Crippen LogP contribution in [0.3, 0.4) is 0 Å². The number of nitrogen functional groups attached to an aromatic ring is 1. The Labute approximate surface area is 90.9 Å². The second-order valence-corrected chi connectivity index (χ2v) is 5.17. The lowest BCUT2D eigenvalue weighted by Gasteiger charge is -2.18. The van der Waals surface area contributed by atoms with Gasteiger partial charge in [0.15, 0.2) is 0 Å². The van der Waals surface area contributed by atoms with Gasteiger partial charge in [0, 0.05) is 25.0 Å². The van der Waals surface area contributed by atoms with Crippen molar-refractivity contribution in [2.75, 3.05) is 5.73 Å². The molecule has 0 radical (unpaired) electrons. The molecule has 0 spiro atoms. The van der Waals surface area contributed by atoms with Gasteiger partial charge in [-0.25, -0.2) is 0 Å². The molecule has 0 aliphatic rings. The smallest absolute Gasteiger partial charge is 0.204 e. The number of anilines is 1. The second-order valence-electron chi connectivity index (χ2n) is 5.17. The topological polar surface area (TPSA) is 48.0 Å². The summed E-state index contributed by atoms with van der Waals surface area (Å²) in [6.45, 7) is 7.61. The molecule has 0 amide bonds. The van der Waals surface area contributed by atoms with Gasteiger partial charge in [0.1, 0.15) is 0 Å². The Balaban J connectivity index is 2.52. The zero-order chi connectivity index (χ0) is 11.5. The van der Waals surface area contributed by atoms with Crippen LogP contribution in [0.4, 0.5) is 5.69 Å². The molecule has 15 heavy (non-hydrogen) atoms. The summed E-state index contributed by atoms with van der Waals surface area (Å²) in [5, 5.41) is 0. The van der Waals surface area contributed by atoms with Gasteiger partial charge in [0.05, 0.1) is 5.69 Å². The van der Waals surface area contributed by atoms with Crippen LogP contribution in [-0.2, 0) is 6.54 Å². The Morgan fingerprint density at radius 3 is 2.60 bits per heavy atom. The Morgan fingerprint density at radius 2 is 2.07 bits per heavy atom. The van der Waals surface area contributed by atoms with Crippen LogP contribution in [-0.4, -0.2) is 4.57 Å². The number of aromatic nitrogens is 1. The lowest BCUT2D eigenvalue weighted by molar-refractivity contribution is 0.353. The summed E-state index contributed by atoms with van der Waals surface area (Å²) in [5.74, 6) is 0. The van der Waals surface area contributed by atoms with Gasteiger partial charge in [0.25, 0.3) is 0 Å². The molecule has 1 rings (SSSR count). The SMILES string of the molecule is CC(C)(C)CCCn1ccc(=O)c(N)c1. The Hall–Kier alpha value is -1.25. The van der Waals surface area contributed by atoms with Crippen LogP contribution in [0.5, 0.6) is 0 Å². The maximum absolute atomic E-state index is 11.1. The van der Waals surface area contributed by atoms with E-state index in [0.717, 1.165) is 13.0 Å². The first kappa shape index (κ1) is 11.8. The van der Waals surface area contributed by atoms with Crippen LogP contribution in [0, 0.1) is 5.41 Å². The average molecular weight is 208 g/mol. The molecule has 3 nitrogen and oxygen atoms in total. The number of pyridine rings is 1. The lowest BCUT2D eigenvalue weighted by atomic mass is 9.91. The highest BCUT2D eigenvalue weighted by Gasteiger charge is 2.08. The average Bonchev–Trinajstić information content (AvgIpc) is 2.09. The Kier molecular flexibility index (Phi) is 3.56. The first-order valence-corrected chi connectivity index (χ1v) is 5.34. The molecule has 2 N–H and O–H groups in total. The maximum atomic E-state index is 11.1. The van der Waals surface area contributed by atoms with Gasteiger partial charge in [-0.05, 0) is 18.3 Å². The third kappa shape index (κ3) is 4.19. The molecule has 0 saturated carbocycles. The standard InChI is InChI=1S/C12H20N2O/c1-12(2,3)6-4-7-14-8-5-11(15)10(13)9-14/h5,8-9H,4,6-7,13H2,1-3H3. The quantitative estimate of drug-likeness (QED) is 0.828. The molecule has 84 valence electrons. The van der Waals surface area contributed by atoms with Crippen molar-refractivity contribution in [3.8, 4) is 0 Å². The van der Waals surface area contributed by atoms with Gasteiger partial charge < -0.3 is 10.3 Å². The van der Waals surface area contributed by atoms with E-state index in [2.05, 4.69) is 20.8 Å². The summed E-state index contributed by atoms with van der Waals surface area (Å²) in [5.41, 5.74) is 6.14. The lowest BCUT2D eigenvalue weighted by Crippen LogP contribution is -2.12. The van der Waals surface area contributed by atoms with E-state index in [1.165, 1.54) is 12.5 Å². The van der Waals surface area contributed by atoms with Crippen molar-refractivity contribution in [2.45, 2.75) is 40.2 Å². The molecule has 0 aliphatic carbocycles. The van der Waals surface area contributed by atoms with Gasteiger partial charge in [-0.3, -0.25) is 4.79 Å². The van der Waals surface area contributed by atoms with Gasteiger partial charge in [-0.15, -0.1) is 0 Å².